The van der Waals surface area contributed by atoms with Crippen molar-refractivity contribution in [1.29, 1.82) is 5.26 Å². The predicted molar refractivity (Wildman–Crippen MR) is 62.3 cm³/mol. The highest BCUT2D eigenvalue weighted by Gasteiger charge is 2.28. The third-order valence-electron chi connectivity index (χ3n) is 3.02. The van der Waals surface area contributed by atoms with E-state index in [4.69, 9.17) is 5.26 Å². The van der Waals surface area contributed by atoms with E-state index in [1.54, 1.807) is 0 Å². The molecule has 2 unspecified atom stereocenters. The standard InChI is InChI=1S/C11H20N2S/c1-11(2,14-3)8-13-10-6-4-5-9(10)7-12/h9-10,13H,4-6,8H2,1-3H3. The van der Waals surface area contributed by atoms with Crippen molar-refractivity contribution in [3.05, 3.63) is 0 Å². The first-order valence-corrected chi connectivity index (χ1v) is 6.50. The van der Waals surface area contributed by atoms with E-state index >= 15 is 0 Å². The molecule has 1 saturated carbocycles. The van der Waals surface area contributed by atoms with Crippen LogP contribution in [0.1, 0.15) is 33.1 Å². The van der Waals surface area contributed by atoms with Crippen LogP contribution in [-0.2, 0) is 0 Å². The summed E-state index contributed by atoms with van der Waals surface area (Å²) in [5.74, 6) is 0.243. The molecule has 0 aromatic heterocycles. The molecule has 2 nitrogen and oxygen atoms in total. The lowest BCUT2D eigenvalue weighted by Crippen LogP contribution is -2.40. The Kier molecular flexibility index (Phi) is 4.28. The van der Waals surface area contributed by atoms with E-state index < -0.39 is 0 Å². The Labute approximate surface area is 91.4 Å². The molecule has 1 aliphatic carbocycles. The summed E-state index contributed by atoms with van der Waals surface area (Å²) in [6, 6.07) is 2.84. The molecule has 0 heterocycles. The summed E-state index contributed by atoms with van der Waals surface area (Å²) in [5.41, 5.74) is 0. The van der Waals surface area contributed by atoms with Crippen molar-refractivity contribution in [2.75, 3.05) is 12.8 Å². The summed E-state index contributed by atoms with van der Waals surface area (Å²) in [4.78, 5) is 0. The Balaban J connectivity index is 2.35. The molecule has 0 amide bonds. The highest BCUT2D eigenvalue weighted by molar-refractivity contribution is 7.99. The van der Waals surface area contributed by atoms with Crippen LogP contribution < -0.4 is 5.32 Å². The molecule has 0 aromatic rings. The minimum Gasteiger partial charge on any atom is -0.311 e. The summed E-state index contributed by atoms with van der Waals surface area (Å²) >= 11 is 1.87. The molecule has 0 spiro atoms. The van der Waals surface area contributed by atoms with E-state index in [1.807, 2.05) is 11.8 Å². The molecule has 1 aliphatic rings. The van der Waals surface area contributed by atoms with Crippen molar-refractivity contribution in [2.24, 2.45) is 5.92 Å². The maximum atomic E-state index is 8.93. The van der Waals surface area contributed by atoms with Crippen molar-refractivity contribution in [3.8, 4) is 6.07 Å². The van der Waals surface area contributed by atoms with Gasteiger partial charge in [0.25, 0.3) is 0 Å². The molecule has 1 rings (SSSR count). The third kappa shape index (κ3) is 3.18. The number of nitriles is 1. The average molecular weight is 212 g/mol. The Morgan fingerprint density at radius 3 is 2.79 bits per heavy atom. The van der Waals surface area contributed by atoms with Gasteiger partial charge < -0.3 is 5.32 Å². The van der Waals surface area contributed by atoms with E-state index in [0.717, 1.165) is 13.0 Å². The quantitative estimate of drug-likeness (QED) is 0.777. The van der Waals surface area contributed by atoms with E-state index in [0.29, 0.717) is 6.04 Å². The van der Waals surface area contributed by atoms with Gasteiger partial charge in [-0.1, -0.05) is 6.42 Å². The maximum absolute atomic E-state index is 8.93. The van der Waals surface area contributed by atoms with Crippen LogP contribution in [0.3, 0.4) is 0 Å². The normalized spacial score (nSPS) is 27.6. The first-order valence-electron chi connectivity index (χ1n) is 5.27. The SMILES string of the molecule is CSC(C)(C)CNC1CCCC1C#N. The molecule has 1 N–H and O–H groups in total. The predicted octanol–water partition coefficient (Wildman–Crippen LogP) is 2.41. The zero-order chi connectivity index (χ0) is 10.6. The highest BCUT2D eigenvalue weighted by Crippen LogP contribution is 2.26. The van der Waals surface area contributed by atoms with Gasteiger partial charge in [-0.05, 0) is 32.9 Å². The lowest BCUT2D eigenvalue weighted by Gasteiger charge is -2.26. The smallest absolute Gasteiger partial charge is 0.0672 e. The molecule has 14 heavy (non-hydrogen) atoms. The van der Waals surface area contributed by atoms with Crippen LogP contribution in [0, 0.1) is 17.2 Å². The first kappa shape index (κ1) is 11.9. The summed E-state index contributed by atoms with van der Waals surface area (Å²) in [6.07, 6.45) is 5.59. The lowest BCUT2D eigenvalue weighted by atomic mass is 10.1. The fourth-order valence-electron chi connectivity index (χ4n) is 1.81. The second-order valence-corrected chi connectivity index (χ2v) is 6.13. The highest BCUT2D eigenvalue weighted by atomic mass is 32.2. The van der Waals surface area contributed by atoms with Crippen LogP contribution in [0.4, 0.5) is 0 Å². The maximum Gasteiger partial charge on any atom is 0.0672 e. The monoisotopic (exact) mass is 212 g/mol. The lowest BCUT2D eigenvalue weighted by molar-refractivity contribution is 0.443. The van der Waals surface area contributed by atoms with Gasteiger partial charge in [-0.25, -0.2) is 0 Å². The van der Waals surface area contributed by atoms with Crippen molar-refractivity contribution >= 4 is 11.8 Å². The topological polar surface area (TPSA) is 35.8 Å². The molecule has 0 aromatic carbocycles. The zero-order valence-electron chi connectivity index (χ0n) is 9.34. The number of hydrogen-bond acceptors (Lipinski definition) is 3. The van der Waals surface area contributed by atoms with E-state index in [9.17, 15) is 0 Å². The molecule has 80 valence electrons. The van der Waals surface area contributed by atoms with Gasteiger partial charge in [0.05, 0.1) is 12.0 Å². The number of thioether (sulfide) groups is 1. The molecular formula is C11H20N2S. The Hall–Kier alpha value is -0.200. The largest absolute Gasteiger partial charge is 0.311 e. The van der Waals surface area contributed by atoms with Gasteiger partial charge in [0, 0.05) is 17.3 Å². The minimum absolute atomic E-state index is 0.243. The summed E-state index contributed by atoms with van der Waals surface area (Å²) < 4.78 is 0.280. The Morgan fingerprint density at radius 2 is 2.21 bits per heavy atom. The van der Waals surface area contributed by atoms with Crippen molar-refractivity contribution in [2.45, 2.75) is 43.9 Å². The van der Waals surface area contributed by atoms with Crippen LogP contribution >= 0.6 is 11.8 Å². The van der Waals surface area contributed by atoms with Gasteiger partial charge in [-0.3, -0.25) is 0 Å². The van der Waals surface area contributed by atoms with Gasteiger partial charge in [-0.15, -0.1) is 0 Å². The molecular weight excluding hydrogens is 192 g/mol. The third-order valence-corrected chi connectivity index (χ3v) is 4.27. The molecule has 3 heteroatoms. The Morgan fingerprint density at radius 1 is 1.50 bits per heavy atom. The van der Waals surface area contributed by atoms with Crippen molar-refractivity contribution in [1.82, 2.24) is 5.32 Å². The van der Waals surface area contributed by atoms with Crippen molar-refractivity contribution < 1.29 is 0 Å². The van der Waals surface area contributed by atoms with E-state index in [-0.39, 0.29) is 10.7 Å². The van der Waals surface area contributed by atoms with E-state index in [2.05, 4.69) is 31.5 Å². The van der Waals surface area contributed by atoms with Crippen LogP contribution in [0.25, 0.3) is 0 Å². The number of hydrogen-bond donors (Lipinski definition) is 1. The van der Waals surface area contributed by atoms with Crippen molar-refractivity contribution in [3.63, 3.8) is 0 Å². The zero-order valence-corrected chi connectivity index (χ0v) is 10.2. The molecule has 0 saturated heterocycles. The fourth-order valence-corrected chi connectivity index (χ4v) is 2.04. The molecule has 0 bridgehead atoms. The average Bonchev–Trinajstić information content (AvgIpc) is 2.62. The first-order chi connectivity index (χ1) is 6.59. The summed E-state index contributed by atoms with van der Waals surface area (Å²) in [6.45, 7) is 5.47. The van der Waals surface area contributed by atoms with Crippen LogP contribution in [0.2, 0.25) is 0 Å². The molecule has 0 radical (unpaired) electrons. The van der Waals surface area contributed by atoms with Crippen LogP contribution in [0.15, 0.2) is 0 Å². The second-order valence-electron chi connectivity index (χ2n) is 4.62. The van der Waals surface area contributed by atoms with Gasteiger partial charge in [0.15, 0.2) is 0 Å². The molecule has 1 fully saturated rings. The van der Waals surface area contributed by atoms with Gasteiger partial charge >= 0.3 is 0 Å². The second kappa shape index (κ2) is 5.04. The summed E-state index contributed by atoms with van der Waals surface area (Å²) in [5, 5.41) is 12.5. The van der Waals surface area contributed by atoms with Crippen LogP contribution in [0.5, 0.6) is 0 Å². The summed E-state index contributed by atoms with van der Waals surface area (Å²) in [7, 11) is 0. The van der Waals surface area contributed by atoms with Crippen LogP contribution in [-0.4, -0.2) is 23.6 Å². The fraction of sp³-hybridized carbons (Fsp3) is 0.909. The number of nitrogens with zero attached hydrogens (tertiary/aromatic N) is 1. The molecule has 2 atom stereocenters. The number of nitrogens with one attached hydrogen (secondary N) is 1. The minimum atomic E-state index is 0.243. The van der Waals surface area contributed by atoms with Gasteiger partial charge in [0.1, 0.15) is 0 Å². The van der Waals surface area contributed by atoms with Gasteiger partial charge in [-0.2, -0.15) is 17.0 Å². The number of rotatable bonds is 4. The molecule has 0 aliphatic heterocycles. The van der Waals surface area contributed by atoms with Gasteiger partial charge in [0.2, 0.25) is 0 Å². The van der Waals surface area contributed by atoms with E-state index in [1.165, 1.54) is 12.8 Å². The Bertz CT molecular complexity index is 220.